The van der Waals surface area contributed by atoms with Crippen LogP contribution in [0.15, 0.2) is 11.0 Å². The largest absolute Gasteiger partial charge is 0.491 e. The molecule has 0 aromatic carbocycles. The molecule has 0 fully saturated rings. The standard InChI is InChI=1S/C11H13NO6/c1-6(13)17-9-8(16-4)5-12(3)11(15)10(9)18-7(2)14/h5H,1-4H3. The molecular formula is C11H13NO6. The molecule has 0 unspecified atom stereocenters. The van der Waals surface area contributed by atoms with E-state index in [1.165, 1.54) is 20.4 Å². The number of carbonyl (C=O) groups excluding carboxylic acids is 2. The van der Waals surface area contributed by atoms with Crippen molar-refractivity contribution in [3.8, 4) is 17.2 Å². The molecule has 98 valence electrons. The molecule has 0 saturated carbocycles. The predicted octanol–water partition coefficient (Wildman–Crippen LogP) is 0.245. The zero-order chi connectivity index (χ0) is 13.9. The van der Waals surface area contributed by atoms with Gasteiger partial charge in [-0.15, -0.1) is 0 Å². The molecule has 0 saturated heterocycles. The van der Waals surface area contributed by atoms with E-state index in [4.69, 9.17) is 14.2 Å². The summed E-state index contributed by atoms with van der Waals surface area (Å²) in [4.78, 5) is 33.8. The molecule has 1 rings (SSSR count). The molecule has 1 heterocycles. The van der Waals surface area contributed by atoms with Crippen molar-refractivity contribution in [1.82, 2.24) is 4.57 Å². The average Bonchev–Trinajstić information content (AvgIpc) is 2.27. The van der Waals surface area contributed by atoms with Gasteiger partial charge in [-0.1, -0.05) is 0 Å². The van der Waals surface area contributed by atoms with Crippen LogP contribution in [0, 0.1) is 0 Å². The lowest BCUT2D eigenvalue weighted by atomic mass is 10.3. The number of ether oxygens (including phenoxy) is 3. The molecule has 0 amide bonds. The average molecular weight is 255 g/mol. The first-order chi connectivity index (χ1) is 8.36. The third-order valence-electron chi connectivity index (χ3n) is 1.97. The van der Waals surface area contributed by atoms with Crippen LogP contribution >= 0.6 is 0 Å². The minimum atomic E-state index is -0.700. The zero-order valence-electron chi connectivity index (χ0n) is 10.5. The first-order valence-corrected chi connectivity index (χ1v) is 5.01. The summed E-state index contributed by atoms with van der Waals surface area (Å²) in [5.41, 5.74) is -0.609. The van der Waals surface area contributed by atoms with Gasteiger partial charge in [0.05, 0.1) is 13.3 Å². The third-order valence-corrected chi connectivity index (χ3v) is 1.97. The molecule has 7 nitrogen and oxygen atoms in total. The lowest BCUT2D eigenvalue weighted by Gasteiger charge is -2.13. The smallest absolute Gasteiger partial charge is 0.308 e. The summed E-state index contributed by atoms with van der Waals surface area (Å²) >= 11 is 0. The number of carbonyl (C=O) groups is 2. The fourth-order valence-corrected chi connectivity index (χ4v) is 1.28. The van der Waals surface area contributed by atoms with Gasteiger partial charge in [0, 0.05) is 20.9 Å². The van der Waals surface area contributed by atoms with Crippen LogP contribution in [0.2, 0.25) is 0 Å². The summed E-state index contributed by atoms with van der Waals surface area (Å²) in [7, 11) is 2.79. The Morgan fingerprint density at radius 3 is 2.06 bits per heavy atom. The SMILES string of the molecule is COc1cn(C)c(=O)c(OC(C)=O)c1OC(C)=O. The van der Waals surface area contributed by atoms with E-state index >= 15 is 0 Å². The van der Waals surface area contributed by atoms with Crippen LogP contribution in [-0.2, 0) is 16.6 Å². The number of pyridine rings is 1. The Balaban J connectivity index is 3.49. The summed E-state index contributed by atoms with van der Waals surface area (Å²) in [6, 6.07) is 0. The maximum absolute atomic E-state index is 11.8. The molecule has 1 aromatic rings. The first-order valence-electron chi connectivity index (χ1n) is 5.01. The van der Waals surface area contributed by atoms with Gasteiger partial charge in [0.2, 0.25) is 11.5 Å². The van der Waals surface area contributed by atoms with Gasteiger partial charge in [-0.05, 0) is 0 Å². The molecular weight excluding hydrogens is 242 g/mol. The van der Waals surface area contributed by atoms with Crippen LogP contribution in [0.3, 0.4) is 0 Å². The molecule has 0 atom stereocenters. The molecule has 0 aliphatic carbocycles. The molecule has 0 N–H and O–H groups in total. The summed E-state index contributed by atoms with van der Waals surface area (Å²) < 4.78 is 15.8. The number of methoxy groups -OCH3 is 1. The number of nitrogens with zero attached hydrogens (tertiary/aromatic N) is 1. The van der Waals surface area contributed by atoms with Gasteiger partial charge in [-0.2, -0.15) is 0 Å². The normalized spacial score (nSPS) is 9.78. The van der Waals surface area contributed by atoms with E-state index in [-0.39, 0.29) is 17.2 Å². The fraction of sp³-hybridized carbons (Fsp3) is 0.364. The summed E-state index contributed by atoms with van der Waals surface area (Å²) in [6.07, 6.45) is 1.33. The minimum Gasteiger partial charge on any atom is -0.491 e. The van der Waals surface area contributed by atoms with Gasteiger partial charge >= 0.3 is 11.9 Å². The quantitative estimate of drug-likeness (QED) is 0.719. The van der Waals surface area contributed by atoms with Crippen molar-refractivity contribution in [1.29, 1.82) is 0 Å². The van der Waals surface area contributed by atoms with Crippen molar-refractivity contribution >= 4 is 11.9 Å². The van der Waals surface area contributed by atoms with E-state index in [9.17, 15) is 14.4 Å². The van der Waals surface area contributed by atoms with Crippen LogP contribution in [0.25, 0.3) is 0 Å². The first kappa shape index (κ1) is 13.8. The molecule has 7 heteroatoms. The third kappa shape index (κ3) is 2.88. The number of rotatable bonds is 3. The number of aromatic nitrogens is 1. The molecule has 0 aliphatic heterocycles. The Hall–Kier alpha value is -2.31. The monoisotopic (exact) mass is 255 g/mol. The highest BCUT2D eigenvalue weighted by Crippen LogP contribution is 2.34. The topological polar surface area (TPSA) is 83.8 Å². The number of hydrogen-bond donors (Lipinski definition) is 0. The van der Waals surface area contributed by atoms with E-state index in [1.807, 2.05) is 0 Å². The molecule has 0 radical (unpaired) electrons. The van der Waals surface area contributed by atoms with Crippen LogP contribution in [-0.4, -0.2) is 23.6 Å². The number of hydrogen-bond acceptors (Lipinski definition) is 6. The van der Waals surface area contributed by atoms with Crippen molar-refractivity contribution in [2.75, 3.05) is 7.11 Å². The molecule has 18 heavy (non-hydrogen) atoms. The Bertz CT molecular complexity index is 545. The minimum absolute atomic E-state index is 0.114. The van der Waals surface area contributed by atoms with E-state index < -0.39 is 17.5 Å². The van der Waals surface area contributed by atoms with E-state index in [0.29, 0.717) is 0 Å². The van der Waals surface area contributed by atoms with Gasteiger partial charge in [0.15, 0.2) is 5.75 Å². The Labute approximate surface area is 103 Å². The lowest BCUT2D eigenvalue weighted by Crippen LogP contribution is -2.22. The van der Waals surface area contributed by atoms with Crippen molar-refractivity contribution in [3.05, 3.63) is 16.6 Å². The van der Waals surface area contributed by atoms with E-state index in [1.54, 1.807) is 0 Å². The van der Waals surface area contributed by atoms with Crippen LogP contribution < -0.4 is 19.8 Å². The van der Waals surface area contributed by atoms with E-state index in [2.05, 4.69) is 0 Å². The van der Waals surface area contributed by atoms with Gasteiger partial charge in [-0.25, -0.2) is 0 Å². The van der Waals surface area contributed by atoms with Gasteiger partial charge < -0.3 is 18.8 Å². The second-order valence-electron chi connectivity index (χ2n) is 3.46. The maximum Gasteiger partial charge on any atom is 0.308 e. The van der Waals surface area contributed by atoms with Crippen LogP contribution in [0.5, 0.6) is 17.2 Å². The lowest BCUT2D eigenvalue weighted by molar-refractivity contribution is -0.134. The molecule has 0 bridgehead atoms. The predicted molar refractivity (Wildman–Crippen MR) is 60.9 cm³/mol. The molecule has 1 aromatic heterocycles. The molecule has 0 aliphatic rings. The fourth-order valence-electron chi connectivity index (χ4n) is 1.28. The second-order valence-corrected chi connectivity index (χ2v) is 3.46. The second kappa shape index (κ2) is 5.35. The highest BCUT2D eigenvalue weighted by molar-refractivity contribution is 5.74. The van der Waals surface area contributed by atoms with Crippen molar-refractivity contribution < 1.29 is 23.8 Å². The van der Waals surface area contributed by atoms with Gasteiger partial charge in [0.1, 0.15) is 0 Å². The van der Waals surface area contributed by atoms with E-state index in [0.717, 1.165) is 18.4 Å². The summed E-state index contributed by atoms with van der Waals surface area (Å²) in [5, 5.41) is 0. The van der Waals surface area contributed by atoms with Gasteiger partial charge in [0.25, 0.3) is 5.56 Å². The summed E-state index contributed by atoms with van der Waals surface area (Å²) in [6.45, 7) is 2.30. The number of aryl methyl sites for hydroxylation is 1. The maximum atomic E-state index is 11.8. The Kier molecular flexibility index (Phi) is 4.09. The highest BCUT2D eigenvalue weighted by Gasteiger charge is 2.21. The number of esters is 2. The zero-order valence-corrected chi connectivity index (χ0v) is 10.5. The van der Waals surface area contributed by atoms with Crippen LogP contribution in [0.4, 0.5) is 0 Å². The Morgan fingerprint density at radius 1 is 1.11 bits per heavy atom. The van der Waals surface area contributed by atoms with Gasteiger partial charge in [-0.3, -0.25) is 14.4 Å². The van der Waals surface area contributed by atoms with Crippen LogP contribution in [0.1, 0.15) is 13.8 Å². The van der Waals surface area contributed by atoms with Crippen molar-refractivity contribution in [3.63, 3.8) is 0 Å². The summed E-state index contributed by atoms with van der Waals surface area (Å²) in [5.74, 6) is -1.82. The Morgan fingerprint density at radius 2 is 1.61 bits per heavy atom. The van der Waals surface area contributed by atoms with Crippen molar-refractivity contribution in [2.45, 2.75) is 13.8 Å². The highest BCUT2D eigenvalue weighted by atomic mass is 16.6. The molecule has 0 spiro atoms. The van der Waals surface area contributed by atoms with Crippen molar-refractivity contribution in [2.24, 2.45) is 7.05 Å².